The summed E-state index contributed by atoms with van der Waals surface area (Å²) in [5.41, 5.74) is 0. The Morgan fingerprint density at radius 1 is 0.750 bits per heavy atom. The average Bonchev–Trinajstić information content (AvgIpc) is 2.07. The third-order valence-electron chi connectivity index (χ3n) is 1.68. The molecular weight excluding hydrogens is 341 g/mol. The van der Waals surface area contributed by atoms with E-state index in [1.165, 1.54) is 0 Å². The van der Waals surface area contributed by atoms with Crippen LogP contribution in [0.25, 0.3) is 0 Å². The van der Waals surface area contributed by atoms with Gasteiger partial charge < -0.3 is 9.47 Å². The summed E-state index contributed by atoms with van der Waals surface area (Å²) < 4.78 is 7.68. The molecule has 0 saturated carbocycles. The predicted molar refractivity (Wildman–Crippen MR) is 71.4 cm³/mol. The third kappa shape index (κ3) is 10.8. The summed E-state index contributed by atoms with van der Waals surface area (Å²) in [6.07, 6.45) is -0.550. The standard InChI is InChI=1S/C8H12Cl6O2/c1-5(15-3-7(9,10)11)6(2)16-4-8(12,13)14/h5-6H,3-4H2,1-2H3. The Hall–Kier alpha value is 1.66. The largest absolute Gasteiger partial charge is 0.371 e. The first kappa shape index (κ1) is 17.7. The van der Waals surface area contributed by atoms with E-state index in [0.717, 1.165) is 0 Å². The lowest BCUT2D eigenvalue weighted by molar-refractivity contribution is -0.0535. The van der Waals surface area contributed by atoms with E-state index in [0.29, 0.717) is 0 Å². The molecule has 0 radical (unpaired) electrons. The Labute approximate surface area is 125 Å². The quantitative estimate of drug-likeness (QED) is 0.676. The number of hydrogen-bond acceptors (Lipinski definition) is 2. The summed E-state index contributed by atoms with van der Waals surface area (Å²) in [6, 6.07) is 0. The van der Waals surface area contributed by atoms with Crippen LogP contribution in [-0.2, 0) is 9.47 Å². The minimum atomic E-state index is -1.44. The Morgan fingerprint density at radius 2 is 1.00 bits per heavy atom. The van der Waals surface area contributed by atoms with Crippen LogP contribution >= 0.6 is 69.6 Å². The average molecular weight is 353 g/mol. The van der Waals surface area contributed by atoms with Crippen molar-refractivity contribution >= 4 is 69.6 Å². The van der Waals surface area contributed by atoms with Crippen molar-refractivity contribution < 1.29 is 9.47 Å². The van der Waals surface area contributed by atoms with Gasteiger partial charge in [0.2, 0.25) is 7.59 Å². The molecule has 0 aliphatic carbocycles. The van der Waals surface area contributed by atoms with Crippen LogP contribution < -0.4 is 0 Å². The van der Waals surface area contributed by atoms with Gasteiger partial charge in [-0.1, -0.05) is 69.6 Å². The highest BCUT2D eigenvalue weighted by Gasteiger charge is 2.26. The summed E-state index contributed by atoms with van der Waals surface area (Å²) in [6.45, 7) is 3.50. The summed E-state index contributed by atoms with van der Waals surface area (Å²) in [5, 5.41) is 0. The number of rotatable bonds is 5. The molecule has 0 aliphatic heterocycles. The molecule has 0 amide bonds. The summed E-state index contributed by atoms with van der Waals surface area (Å²) in [5.74, 6) is 0. The molecule has 2 unspecified atom stereocenters. The number of alkyl halides is 6. The van der Waals surface area contributed by atoms with E-state index >= 15 is 0 Å². The van der Waals surface area contributed by atoms with Crippen molar-refractivity contribution in [3.8, 4) is 0 Å². The Balaban J connectivity index is 3.86. The lowest BCUT2D eigenvalue weighted by Gasteiger charge is -2.24. The fraction of sp³-hybridized carbons (Fsp3) is 1.00. The van der Waals surface area contributed by atoms with Crippen LogP contribution in [0, 0.1) is 0 Å². The van der Waals surface area contributed by atoms with Gasteiger partial charge in [0.05, 0.1) is 25.4 Å². The molecule has 2 nitrogen and oxygen atoms in total. The van der Waals surface area contributed by atoms with Crippen LogP contribution in [0.1, 0.15) is 13.8 Å². The number of halogens is 6. The molecule has 0 aromatic rings. The SMILES string of the molecule is CC(OCC(Cl)(Cl)Cl)C(C)OCC(Cl)(Cl)Cl. The van der Waals surface area contributed by atoms with Gasteiger partial charge in [0.15, 0.2) is 0 Å². The van der Waals surface area contributed by atoms with Crippen molar-refractivity contribution in [2.75, 3.05) is 13.2 Å². The van der Waals surface area contributed by atoms with Gasteiger partial charge >= 0.3 is 0 Å². The molecule has 98 valence electrons. The monoisotopic (exact) mass is 350 g/mol. The van der Waals surface area contributed by atoms with E-state index in [1.54, 1.807) is 13.8 Å². The van der Waals surface area contributed by atoms with E-state index in [4.69, 9.17) is 79.1 Å². The predicted octanol–water partition coefficient (Wildman–Crippen LogP) is 4.54. The van der Waals surface area contributed by atoms with Crippen molar-refractivity contribution in [3.63, 3.8) is 0 Å². The van der Waals surface area contributed by atoms with Crippen LogP contribution in [0.5, 0.6) is 0 Å². The second-order valence-corrected chi connectivity index (χ2v) is 8.29. The van der Waals surface area contributed by atoms with Gasteiger partial charge in [0, 0.05) is 0 Å². The van der Waals surface area contributed by atoms with Crippen molar-refractivity contribution in [3.05, 3.63) is 0 Å². The first-order valence-corrected chi connectivity index (χ1v) is 6.65. The second-order valence-electron chi connectivity index (χ2n) is 3.26. The molecular formula is C8H12Cl6O2. The van der Waals surface area contributed by atoms with Crippen LogP contribution in [-0.4, -0.2) is 33.0 Å². The molecule has 0 aliphatic rings. The molecule has 2 atom stereocenters. The maximum Gasteiger partial charge on any atom is 0.213 e. The van der Waals surface area contributed by atoms with Crippen LogP contribution in [0.3, 0.4) is 0 Å². The summed E-state index contributed by atoms with van der Waals surface area (Å²) in [4.78, 5) is 0. The Bertz CT molecular complexity index is 178. The summed E-state index contributed by atoms with van der Waals surface area (Å²) >= 11 is 33.2. The van der Waals surface area contributed by atoms with Gasteiger partial charge in [-0.3, -0.25) is 0 Å². The normalized spacial score (nSPS) is 17.2. The van der Waals surface area contributed by atoms with Gasteiger partial charge in [0.1, 0.15) is 0 Å². The molecule has 0 N–H and O–H groups in total. The van der Waals surface area contributed by atoms with E-state index in [-0.39, 0.29) is 25.4 Å². The van der Waals surface area contributed by atoms with Crippen molar-refractivity contribution in [1.29, 1.82) is 0 Å². The molecule has 0 aromatic carbocycles. The van der Waals surface area contributed by atoms with Crippen molar-refractivity contribution in [2.45, 2.75) is 33.6 Å². The van der Waals surface area contributed by atoms with Gasteiger partial charge in [-0.15, -0.1) is 0 Å². The lowest BCUT2D eigenvalue weighted by Crippen LogP contribution is -2.31. The Morgan fingerprint density at radius 3 is 1.19 bits per heavy atom. The Kier molecular flexibility index (Phi) is 8.06. The number of ether oxygens (including phenoxy) is 2. The summed E-state index contributed by atoms with van der Waals surface area (Å²) in [7, 11) is 0. The number of hydrogen-bond donors (Lipinski definition) is 0. The first-order valence-electron chi connectivity index (χ1n) is 4.38. The van der Waals surface area contributed by atoms with E-state index < -0.39 is 7.59 Å². The van der Waals surface area contributed by atoms with Crippen LogP contribution in [0.4, 0.5) is 0 Å². The lowest BCUT2D eigenvalue weighted by atomic mass is 10.2. The minimum Gasteiger partial charge on any atom is -0.371 e. The maximum atomic E-state index is 5.53. The second kappa shape index (κ2) is 7.30. The van der Waals surface area contributed by atoms with Crippen LogP contribution in [0.15, 0.2) is 0 Å². The molecule has 0 heterocycles. The van der Waals surface area contributed by atoms with E-state index in [1.807, 2.05) is 0 Å². The zero-order valence-corrected chi connectivity index (χ0v) is 13.2. The van der Waals surface area contributed by atoms with E-state index in [2.05, 4.69) is 0 Å². The molecule has 0 saturated heterocycles. The van der Waals surface area contributed by atoms with Crippen LogP contribution in [0.2, 0.25) is 0 Å². The molecule has 8 heteroatoms. The third-order valence-corrected chi connectivity index (χ3v) is 2.34. The van der Waals surface area contributed by atoms with Gasteiger partial charge in [0.25, 0.3) is 0 Å². The minimum absolute atomic E-state index is 0.0275. The highest BCUT2D eigenvalue weighted by Crippen LogP contribution is 2.28. The first-order chi connectivity index (χ1) is 7.01. The smallest absolute Gasteiger partial charge is 0.213 e. The van der Waals surface area contributed by atoms with Gasteiger partial charge in [-0.2, -0.15) is 0 Å². The topological polar surface area (TPSA) is 18.5 Å². The molecule has 0 spiro atoms. The van der Waals surface area contributed by atoms with Crippen molar-refractivity contribution in [1.82, 2.24) is 0 Å². The fourth-order valence-corrected chi connectivity index (χ4v) is 1.10. The molecule has 0 rings (SSSR count). The van der Waals surface area contributed by atoms with Gasteiger partial charge in [-0.05, 0) is 13.8 Å². The highest BCUT2D eigenvalue weighted by molar-refractivity contribution is 6.68. The van der Waals surface area contributed by atoms with Gasteiger partial charge in [-0.25, -0.2) is 0 Å². The highest BCUT2D eigenvalue weighted by atomic mass is 35.6. The molecule has 0 fully saturated rings. The van der Waals surface area contributed by atoms with E-state index in [9.17, 15) is 0 Å². The fourth-order valence-electron chi connectivity index (χ4n) is 0.723. The molecule has 0 aromatic heterocycles. The molecule has 16 heavy (non-hydrogen) atoms. The van der Waals surface area contributed by atoms with Crippen molar-refractivity contribution in [2.24, 2.45) is 0 Å². The molecule has 0 bridgehead atoms. The zero-order valence-electron chi connectivity index (χ0n) is 8.65. The zero-order chi connectivity index (χ0) is 13.0. The maximum absolute atomic E-state index is 5.53.